The Bertz CT molecular complexity index is 674. The zero-order valence-electron chi connectivity index (χ0n) is 16.8. The summed E-state index contributed by atoms with van der Waals surface area (Å²) < 4.78 is 0. The Kier molecular flexibility index (Phi) is 8.09. The molecule has 0 atom stereocenters. The highest BCUT2D eigenvalue weighted by Crippen LogP contribution is 2.19. The van der Waals surface area contributed by atoms with Crippen LogP contribution in [-0.4, -0.2) is 42.9 Å². The fraction of sp³-hybridized carbons (Fsp3) is 0.565. The van der Waals surface area contributed by atoms with Gasteiger partial charge in [-0.25, -0.2) is 0 Å². The number of carbonyl (C=O) groups excluding carboxylic acids is 2. The molecule has 5 nitrogen and oxygen atoms in total. The molecule has 28 heavy (non-hydrogen) atoms. The SMILES string of the molecule is O=C(CNCCC1=CCCCC1)Nc1ccc(C(=O)N2CCCCCC2)cc1. The van der Waals surface area contributed by atoms with Crippen LogP contribution >= 0.6 is 0 Å². The summed E-state index contributed by atoms with van der Waals surface area (Å²) in [5.41, 5.74) is 2.94. The summed E-state index contributed by atoms with van der Waals surface area (Å²) in [6.07, 6.45) is 13.0. The Morgan fingerprint density at radius 2 is 1.68 bits per heavy atom. The van der Waals surface area contributed by atoms with E-state index < -0.39 is 0 Å². The molecule has 0 bridgehead atoms. The van der Waals surface area contributed by atoms with Gasteiger partial charge in [0.25, 0.3) is 5.91 Å². The third kappa shape index (κ3) is 6.48. The first-order valence-corrected chi connectivity index (χ1v) is 10.8. The van der Waals surface area contributed by atoms with Crippen LogP contribution in [0.3, 0.4) is 0 Å². The Morgan fingerprint density at radius 1 is 0.929 bits per heavy atom. The average Bonchev–Trinajstić information content (AvgIpc) is 3.02. The van der Waals surface area contributed by atoms with E-state index in [0.29, 0.717) is 12.1 Å². The van der Waals surface area contributed by atoms with Gasteiger partial charge in [0.1, 0.15) is 0 Å². The lowest BCUT2D eigenvalue weighted by Gasteiger charge is -2.20. The predicted molar refractivity (Wildman–Crippen MR) is 113 cm³/mol. The maximum atomic E-state index is 12.6. The van der Waals surface area contributed by atoms with Gasteiger partial charge in [-0.3, -0.25) is 9.59 Å². The minimum atomic E-state index is -0.0516. The largest absolute Gasteiger partial charge is 0.339 e. The molecular formula is C23H33N3O2. The number of nitrogens with one attached hydrogen (secondary N) is 2. The molecule has 0 saturated carbocycles. The highest BCUT2D eigenvalue weighted by atomic mass is 16.2. The monoisotopic (exact) mass is 383 g/mol. The van der Waals surface area contributed by atoms with E-state index in [4.69, 9.17) is 0 Å². The first-order chi connectivity index (χ1) is 13.7. The number of rotatable bonds is 7. The third-order valence-electron chi connectivity index (χ3n) is 5.60. The van der Waals surface area contributed by atoms with Crippen molar-refractivity contribution >= 4 is 17.5 Å². The third-order valence-corrected chi connectivity index (χ3v) is 5.60. The van der Waals surface area contributed by atoms with Crippen molar-refractivity contribution in [2.24, 2.45) is 0 Å². The molecule has 5 heteroatoms. The van der Waals surface area contributed by atoms with E-state index in [-0.39, 0.29) is 11.8 Å². The van der Waals surface area contributed by atoms with Crippen molar-refractivity contribution in [3.8, 4) is 0 Å². The second kappa shape index (κ2) is 11.0. The molecule has 1 saturated heterocycles. The van der Waals surface area contributed by atoms with Crippen LogP contribution in [0.15, 0.2) is 35.9 Å². The molecule has 1 heterocycles. The molecule has 2 amide bonds. The summed E-state index contributed by atoms with van der Waals surface area (Å²) in [5, 5.41) is 6.11. The molecular weight excluding hydrogens is 350 g/mol. The molecule has 3 rings (SSSR count). The van der Waals surface area contributed by atoms with Gasteiger partial charge in [0.2, 0.25) is 5.91 Å². The van der Waals surface area contributed by atoms with E-state index >= 15 is 0 Å². The molecule has 2 aliphatic rings. The van der Waals surface area contributed by atoms with Gasteiger partial charge in [-0.2, -0.15) is 0 Å². The Hall–Kier alpha value is -2.14. The molecule has 0 radical (unpaired) electrons. The quantitative estimate of drug-likeness (QED) is 0.550. The number of benzene rings is 1. The summed E-state index contributed by atoms with van der Waals surface area (Å²) in [7, 11) is 0. The molecule has 0 aromatic heterocycles. The van der Waals surface area contributed by atoms with Crippen molar-refractivity contribution in [1.82, 2.24) is 10.2 Å². The molecule has 1 aliphatic carbocycles. The van der Waals surface area contributed by atoms with Crippen molar-refractivity contribution in [1.29, 1.82) is 0 Å². The fourth-order valence-electron chi connectivity index (χ4n) is 3.94. The summed E-state index contributed by atoms with van der Waals surface area (Å²) in [6, 6.07) is 7.25. The predicted octanol–water partition coefficient (Wildman–Crippen LogP) is 4.12. The van der Waals surface area contributed by atoms with E-state index in [9.17, 15) is 9.59 Å². The number of allylic oxidation sites excluding steroid dienone is 1. The number of amides is 2. The van der Waals surface area contributed by atoms with Crippen molar-refractivity contribution in [2.75, 3.05) is 31.5 Å². The van der Waals surface area contributed by atoms with Crippen LogP contribution in [0.2, 0.25) is 0 Å². The standard InChI is InChI=1S/C23H33N3O2/c27-22(18-24-15-14-19-8-4-3-5-9-19)25-21-12-10-20(11-13-21)23(28)26-16-6-1-2-7-17-26/h8,10-13,24H,1-7,9,14-18H2,(H,25,27). The van der Waals surface area contributed by atoms with Crippen LogP contribution in [0.5, 0.6) is 0 Å². The lowest BCUT2D eigenvalue weighted by atomic mass is 9.97. The van der Waals surface area contributed by atoms with E-state index in [2.05, 4.69) is 16.7 Å². The second-order valence-corrected chi connectivity index (χ2v) is 7.87. The second-order valence-electron chi connectivity index (χ2n) is 7.87. The normalized spacial score (nSPS) is 17.6. The number of hydrogen-bond donors (Lipinski definition) is 2. The van der Waals surface area contributed by atoms with Crippen LogP contribution in [-0.2, 0) is 4.79 Å². The average molecular weight is 384 g/mol. The fourth-order valence-corrected chi connectivity index (χ4v) is 3.94. The number of carbonyl (C=O) groups is 2. The van der Waals surface area contributed by atoms with Gasteiger partial charge in [-0.05, 0) is 75.8 Å². The molecule has 1 fully saturated rings. The van der Waals surface area contributed by atoms with Crippen LogP contribution in [0, 0.1) is 0 Å². The smallest absolute Gasteiger partial charge is 0.253 e. The molecule has 0 spiro atoms. The Balaban J connectivity index is 1.40. The van der Waals surface area contributed by atoms with E-state index in [1.54, 1.807) is 0 Å². The Morgan fingerprint density at radius 3 is 2.36 bits per heavy atom. The van der Waals surface area contributed by atoms with Gasteiger partial charge in [0.15, 0.2) is 0 Å². The number of anilines is 1. The molecule has 1 aromatic rings. The van der Waals surface area contributed by atoms with Crippen LogP contribution in [0.4, 0.5) is 5.69 Å². The summed E-state index contributed by atoms with van der Waals surface area (Å²) in [5.74, 6) is 0.0441. The lowest BCUT2D eigenvalue weighted by molar-refractivity contribution is -0.115. The highest BCUT2D eigenvalue weighted by molar-refractivity contribution is 5.96. The van der Waals surface area contributed by atoms with Gasteiger partial charge >= 0.3 is 0 Å². The number of hydrogen-bond acceptors (Lipinski definition) is 3. The summed E-state index contributed by atoms with van der Waals surface area (Å²) in [4.78, 5) is 26.7. The minimum absolute atomic E-state index is 0.0516. The van der Waals surface area contributed by atoms with Gasteiger partial charge in [0.05, 0.1) is 6.54 Å². The molecule has 152 valence electrons. The van der Waals surface area contributed by atoms with Crippen molar-refractivity contribution in [3.05, 3.63) is 41.5 Å². The van der Waals surface area contributed by atoms with Crippen LogP contribution in [0.25, 0.3) is 0 Å². The lowest BCUT2D eigenvalue weighted by Crippen LogP contribution is -2.31. The maximum Gasteiger partial charge on any atom is 0.253 e. The molecule has 2 N–H and O–H groups in total. The molecule has 1 aliphatic heterocycles. The highest BCUT2D eigenvalue weighted by Gasteiger charge is 2.17. The minimum Gasteiger partial charge on any atom is -0.339 e. The number of nitrogens with zero attached hydrogens (tertiary/aromatic N) is 1. The molecule has 1 aromatic carbocycles. The van der Waals surface area contributed by atoms with Gasteiger partial charge in [0, 0.05) is 24.3 Å². The van der Waals surface area contributed by atoms with E-state index in [1.807, 2.05) is 29.2 Å². The van der Waals surface area contributed by atoms with Crippen molar-refractivity contribution in [2.45, 2.75) is 57.8 Å². The number of likely N-dealkylation sites (tertiary alicyclic amines) is 1. The van der Waals surface area contributed by atoms with Crippen LogP contribution in [0.1, 0.15) is 68.1 Å². The first-order valence-electron chi connectivity index (χ1n) is 10.8. The van der Waals surface area contributed by atoms with E-state index in [1.165, 1.54) is 44.1 Å². The zero-order valence-corrected chi connectivity index (χ0v) is 16.8. The first kappa shape index (κ1) is 20.6. The Labute approximate surface area is 168 Å². The van der Waals surface area contributed by atoms with Gasteiger partial charge in [-0.1, -0.05) is 24.5 Å². The van der Waals surface area contributed by atoms with E-state index in [0.717, 1.165) is 44.6 Å². The van der Waals surface area contributed by atoms with Crippen molar-refractivity contribution in [3.63, 3.8) is 0 Å². The molecule has 0 unspecified atom stereocenters. The summed E-state index contributed by atoms with van der Waals surface area (Å²) >= 11 is 0. The van der Waals surface area contributed by atoms with Gasteiger partial charge in [-0.15, -0.1) is 0 Å². The zero-order chi connectivity index (χ0) is 19.6. The van der Waals surface area contributed by atoms with Crippen LogP contribution < -0.4 is 10.6 Å². The maximum absolute atomic E-state index is 12.6. The topological polar surface area (TPSA) is 61.4 Å². The van der Waals surface area contributed by atoms with Crippen molar-refractivity contribution < 1.29 is 9.59 Å². The summed E-state index contributed by atoms with van der Waals surface area (Å²) in [6.45, 7) is 2.84. The van der Waals surface area contributed by atoms with Gasteiger partial charge < -0.3 is 15.5 Å².